The molecular weight excluding hydrogens is 380 g/mol. The molecule has 1 saturated heterocycles. The van der Waals surface area contributed by atoms with Crippen molar-refractivity contribution >= 4 is 45.9 Å². The summed E-state index contributed by atoms with van der Waals surface area (Å²) in [7, 11) is 0. The third kappa shape index (κ3) is 3.44. The Morgan fingerprint density at radius 1 is 1.31 bits per heavy atom. The van der Waals surface area contributed by atoms with Crippen molar-refractivity contribution in [1.82, 2.24) is 19.5 Å². The minimum atomic E-state index is -0.516. The third-order valence-electron chi connectivity index (χ3n) is 3.83. The zero-order valence-electron chi connectivity index (χ0n) is 13.3. The van der Waals surface area contributed by atoms with Crippen LogP contribution in [0.25, 0.3) is 11.2 Å². The molecule has 0 bridgehead atoms. The molecule has 26 heavy (non-hydrogen) atoms. The molecule has 1 atom stereocenters. The number of ether oxygens (including phenoxy) is 1. The van der Waals surface area contributed by atoms with Crippen LogP contribution in [0, 0.1) is 17.8 Å². The normalized spacial score (nSPS) is 16.5. The molecule has 6 nitrogen and oxygen atoms in total. The standard InChI is InChI=1S/C17H12Cl2FN5O/c18-10-3-4-13(12(20)8-10)22-15-14-16(24-17(19)23-15)25(9-21-14)6-5-11-2-1-7-26-11/h3-4,8-9,11H,1-2,7H2,(H,22,23,24). The van der Waals surface area contributed by atoms with Gasteiger partial charge in [0.15, 0.2) is 17.0 Å². The van der Waals surface area contributed by atoms with Gasteiger partial charge < -0.3 is 10.1 Å². The van der Waals surface area contributed by atoms with Gasteiger partial charge in [0, 0.05) is 17.7 Å². The van der Waals surface area contributed by atoms with Gasteiger partial charge in [-0.3, -0.25) is 0 Å². The number of halogens is 3. The number of hydrogen-bond acceptors (Lipinski definition) is 5. The van der Waals surface area contributed by atoms with E-state index in [-0.39, 0.29) is 22.9 Å². The summed E-state index contributed by atoms with van der Waals surface area (Å²) in [6, 6.07) is 7.24. The Morgan fingerprint density at radius 3 is 2.96 bits per heavy atom. The number of imidazole rings is 1. The Labute approximate surface area is 158 Å². The number of nitrogens with one attached hydrogen (secondary N) is 1. The number of benzene rings is 1. The van der Waals surface area contributed by atoms with E-state index >= 15 is 0 Å². The summed E-state index contributed by atoms with van der Waals surface area (Å²) in [5.74, 6) is 2.79. The maximum absolute atomic E-state index is 14.1. The molecule has 0 amide bonds. The lowest BCUT2D eigenvalue weighted by Gasteiger charge is -2.08. The second-order valence-electron chi connectivity index (χ2n) is 5.64. The van der Waals surface area contributed by atoms with Crippen LogP contribution in [0.3, 0.4) is 0 Å². The van der Waals surface area contributed by atoms with E-state index in [2.05, 4.69) is 32.2 Å². The molecule has 0 saturated carbocycles. The number of rotatable bonds is 2. The van der Waals surface area contributed by atoms with Crippen LogP contribution in [0.15, 0.2) is 24.5 Å². The van der Waals surface area contributed by atoms with Crippen LogP contribution in [-0.2, 0) is 4.74 Å². The van der Waals surface area contributed by atoms with Crippen molar-refractivity contribution < 1.29 is 9.13 Å². The molecule has 0 aliphatic carbocycles. The zero-order valence-corrected chi connectivity index (χ0v) is 14.9. The second kappa shape index (κ2) is 7.08. The van der Waals surface area contributed by atoms with E-state index in [4.69, 9.17) is 27.9 Å². The first-order valence-corrected chi connectivity index (χ1v) is 8.61. The van der Waals surface area contributed by atoms with Crippen molar-refractivity contribution in [2.45, 2.75) is 18.9 Å². The minimum Gasteiger partial charge on any atom is -0.365 e. The Hall–Kier alpha value is -2.40. The average Bonchev–Trinajstić information content (AvgIpc) is 3.25. The Balaban J connectivity index is 1.71. The Bertz CT molecular complexity index is 1040. The quantitative estimate of drug-likeness (QED) is 0.528. The summed E-state index contributed by atoms with van der Waals surface area (Å²) in [5, 5.41) is 3.17. The van der Waals surface area contributed by atoms with Gasteiger partial charge in [0.1, 0.15) is 18.2 Å². The maximum Gasteiger partial charge on any atom is 0.226 e. The molecule has 1 unspecified atom stereocenters. The monoisotopic (exact) mass is 391 g/mol. The van der Waals surface area contributed by atoms with Crippen LogP contribution in [0.2, 0.25) is 10.3 Å². The summed E-state index contributed by atoms with van der Waals surface area (Å²) < 4.78 is 21.1. The molecule has 1 aliphatic rings. The molecule has 4 rings (SSSR count). The molecule has 0 radical (unpaired) electrons. The van der Waals surface area contributed by atoms with Gasteiger partial charge >= 0.3 is 0 Å². The Kier molecular flexibility index (Phi) is 4.64. The lowest BCUT2D eigenvalue weighted by atomic mass is 10.2. The fraction of sp³-hybridized carbons (Fsp3) is 0.235. The van der Waals surface area contributed by atoms with Crippen molar-refractivity contribution in [3.8, 4) is 12.0 Å². The SMILES string of the molecule is Fc1cc(Cl)ccc1Nc1nc(Cl)nc2c1ncn2C#CC1CCCO1. The van der Waals surface area contributed by atoms with Crippen LogP contribution in [0.1, 0.15) is 12.8 Å². The number of fused-ring (bicyclic) bond motifs is 1. The highest BCUT2D eigenvalue weighted by molar-refractivity contribution is 6.30. The second-order valence-corrected chi connectivity index (χ2v) is 6.41. The zero-order chi connectivity index (χ0) is 18.1. The summed E-state index contributed by atoms with van der Waals surface area (Å²) >= 11 is 11.8. The summed E-state index contributed by atoms with van der Waals surface area (Å²) in [6.07, 6.45) is 3.32. The molecule has 1 N–H and O–H groups in total. The van der Waals surface area contributed by atoms with E-state index in [9.17, 15) is 4.39 Å². The predicted molar refractivity (Wildman–Crippen MR) is 97.2 cm³/mol. The van der Waals surface area contributed by atoms with Gasteiger partial charge in [-0.25, -0.2) is 13.9 Å². The number of anilines is 2. The van der Waals surface area contributed by atoms with E-state index in [0.29, 0.717) is 16.2 Å². The largest absolute Gasteiger partial charge is 0.365 e. The Morgan fingerprint density at radius 2 is 2.19 bits per heavy atom. The third-order valence-corrected chi connectivity index (χ3v) is 4.23. The van der Waals surface area contributed by atoms with Gasteiger partial charge in [-0.1, -0.05) is 11.6 Å². The van der Waals surface area contributed by atoms with Crippen molar-refractivity contribution in [2.75, 3.05) is 11.9 Å². The lowest BCUT2D eigenvalue weighted by Crippen LogP contribution is -2.02. The lowest BCUT2D eigenvalue weighted by molar-refractivity contribution is 0.152. The molecule has 3 heterocycles. The number of hydrogen-bond donors (Lipinski definition) is 1. The van der Waals surface area contributed by atoms with E-state index in [1.165, 1.54) is 18.5 Å². The van der Waals surface area contributed by atoms with Crippen LogP contribution >= 0.6 is 23.2 Å². The molecular formula is C17H12Cl2FN5O. The summed E-state index contributed by atoms with van der Waals surface area (Å²) in [5.41, 5.74) is 1.04. The molecule has 1 aromatic carbocycles. The van der Waals surface area contributed by atoms with Crippen molar-refractivity contribution in [2.24, 2.45) is 0 Å². The van der Waals surface area contributed by atoms with Gasteiger partial charge in [-0.15, -0.1) is 0 Å². The smallest absolute Gasteiger partial charge is 0.226 e. The molecule has 3 aromatic rings. The van der Waals surface area contributed by atoms with Gasteiger partial charge in [0.2, 0.25) is 5.28 Å². The average molecular weight is 392 g/mol. The van der Waals surface area contributed by atoms with Gasteiger partial charge in [0.05, 0.1) is 5.69 Å². The predicted octanol–water partition coefficient (Wildman–Crippen LogP) is 4.00. The van der Waals surface area contributed by atoms with Gasteiger partial charge in [-0.2, -0.15) is 9.97 Å². The van der Waals surface area contributed by atoms with Crippen LogP contribution in [0.4, 0.5) is 15.9 Å². The minimum absolute atomic E-state index is 0.00459. The topological polar surface area (TPSA) is 64.9 Å². The first-order valence-electron chi connectivity index (χ1n) is 7.86. The fourth-order valence-electron chi connectivity index (χ4n) is 2.59. The first kappa shape index (κ1) is 17.0. The van der Waals surface area contributed by atoms with Crippen molar-refractivity contribution in [3.05, 3.63) is 40.6 Å². The highest BCUT2D eigenvalue weighted by Crippen LogP contribution is 2.26. The summed E-state index contributed by atoms with van der Waals surface area (Å²) in [4.78, 5) is 12.6. The van der Waals surface area contributed by atoms with Crippen LogP contribution in [0.5, 0.6) is 0 Å². The highest BCUT2D eigenvalue weighted by Gasteiger charge is 2.15. The molecule has 9 heteroatoms. The molecule has 0 spiro atoms. The first-order chi connectivity index (χ1) is 12.6. The molecule has 132 valence electrons. The van der Waals surface area contributed by atoms with E-state index in [1.54, 1.807) is 10.6 Å². The van der Waals surface area contributed by atoms with Crippen molar-refractivity contribution in [1.29, 1.82) is 0 Å². The molecule has 2 aromatic heterocycles. The van der Waals surface area contributed by atoms with Crippen LogP contribution in [-0.4, -0.2) is 32.2 Å². The van der Waals surface area contributed by atoms with E-state index in [1.807, 2.05) is 0 Å². The van der Waals surface area contributed by atoms with E-state index < -0.39 is 5.82 Å². The van der Waals surface area contributed by atoms with Crippen molar-refractivity contribution in [3.63, 3.8) is 0 Å². The maximum atomic E-state index is 14.1. The van der Waals surface area contributed by atoms with Crippen LogP contribution < -0.4 is 5.32 Å². The number of aromatic nitrogens is 4. The summed E-state index contributed by atoms with van der Waals surface area (Å²) in [6.45, 7) is 0.721. The van der Waals surface area contributed by atoms with Gasteiger partial charge in [0.25, 0.3) is 0 Å². The molecule has 1 aliphatic heterocycles. The number of nitrogens with zero attached hydrogens (tertiary/aromatic N) is 4. The fourth-order valence-corrected chi connectivity index (χ4v) is 2.92. The highest BCUT2D eigenvalue weighted by atomic mass is 35.5. The van der Waals surface area contributed by atoms with Gasteiger partial charge in [-0.05, 0) is 48.6 Å². The molecule has 1 fully saturated rings. The van der Waals surface area contributed by atoms with E-state index in [0.717, 1.165) is 19.4 Å².